The maximum atomic E-state index is 13.1. The number of nitro benzene ring substituents is 1. The van der Waals surface area contributed by atoms with E-state index in [1.54, 1.807) is 19.2 Å². The van der Waals surface area contributed by atoms with Gasteiger partial charge in [0.05, 0.1) is 23.3 Å². The zero-order valence-electron chi connectivity index (χ0n) is 18.3. The van der Waals surface area contributed by atoms with Crippen molar-refractivity contribution in [1.82, 2.24) is 14.6 Å². The predicted octanol–water partition coefficient (Wildman–Crippen LogP) is 4.86. The van der Waals surface area contributed by atoms with E-state index in [2.05, 4.69) is 5.10 Å². The normalized spacial score (nSPS) is 11.0. The first kappa shape index (κ1) is 21.1. The molecule has 0 unspecified atom stereocenters. The molecule has 2 heterocycles. The van der Waals surface area contributed by atoms with Gasteiger partial charge in [-0.2, -0.15) is 0 Å². The lowest BCUT2D eigenvalue weighted by Gasteiger charge is -2.10. The number of aromatic nitrogens is 3. The van der Waals surface area contributed by atoms with E-state index in [0.717, 1.165) is 22.4 Å². The van der Waals surface area contributed by atoms with Gasteiger partial charge in [0.2, 0.25) is 0 Å². The van der Waals surface area contributed by atoms with E-state index < -0.39 is 4.92 Å². The molecule has 8 heteroatoms. The second-order valence-electron chi connectivity index (χ2n) is 7.77. The molecule has 0 aliphatic carbocycles. The van der Waals surface area contributed by atoms with E-state index in [-0.39, 0.29) is 11.2 Å². The third-order valence-corrected chi connectivity index (χ3v) is 5.66. The van der Waals surface area contributed by atoms with Crippen molar-refractivity contribution in [2.24, 2.45) is 0 Å². The van der Waals surface area contributed by atoms with Gasteiger partial charge in [-0.25, -0.2) is 9.50 Å². The minimum Gasteiger partial charge on any atom is -0.496 e. The Bertz CT molecular complexity index is 1550. The van der Waals surface area contributed by atoms with E-state index in [0.29, 0.717) is 29.1 Å². The smallest absolute Gasteiger partial charge is 0.273 e. The van der Waals surface area contributed by atoms with Gasteiger partial charge in [-0.15, -0.1) is 0 Å². The van der Waals surface area contributed by atoms with Crippen molar-refractivity contribution >= 4 is 11.3 Å². The van der Waals surface area contributed by atoms with Gasteiger partial charge >= 0.3 is 0 Å². The molecule has 5 aromatic rings. The number of fused-ring (bicyclic) bond motifs is 1. The zero-order chi connectivity index (χ0) is 23.7. The zero-order valence-corrected chi connectivity index (χ0v) is 18.3. The molecule has 3 aromatic carbocycles. The van der Waals surface area contributed by atoms with Gasteiger partial charge in [0.25, 0.3) is 11.2 Å². The lowest BCUT2D eigenvalue weighted by Crippen LogP contribution is -2.14. The van der Waals surface area contributed by atoms with Crippen LogP contribution in [0.5, 0.6) is 5.75 Å². The number of H-pyrrole nitrogens is 1. The minimum atomic E-state index is -0.461. The highest BCUT2D eigenvalue weighted by molar-refractivity contribution is 5.85. The standard InChI is InChI=1S/C26H20N4O4/c1-34-23-10-6-5-9-20(23)25-22(15-17-7-3-2-4-8-17)28-29-24(31)16-21(27-26(25)29)18-11-13-19(14-12-18)30(32)33/h2-14,16,28H,15H2,1H3. The van der Waals surface area contributed by atoms with Crippen LogP contribution in [-0.4, -0.2) is 26.6 Å². The number of para-hydroxylation sites is 1. The van der Waals surface area contributed by atoms with Crippen LogP contribution in [0.25, 0.3) is 28.0 Å². The molecule has 0 atom stereocenters. The van der Waals surface area contributed by atoms with Crippen molar-refractivity contribution < 1.29 is 9.66 Å². The fourth-order valence-corrected chi connectivity index (χ4v) is 4.05. The summed E-state index contributed by atoms with van der Waals surface area (Å²) in [5.74, 6) is 0.660. The van der Waals surface area contributed by atoms with Gasteiger partial charge in [-0.05, 0) is 23.8 Å². The first-order valence-electron chi connectivity index (χ1n) is 10.6. The van der Waals surface area contributed by atoms with E-state index in [9.17, 15) is 14.9 Å². The third kappa shape index (κ3) is 3.81. The summed E-state index contributed by atoms with van der Waals surface area (Å²) in [6.45, 7) is 0. The molecular weight excluding hydrogens is 432 g/mol. The number of hydrogen-bond acceptors (Lipinski definition) is 5. The van der Waals surface area contributed by atoms with Gasteiger partial charge in [0.15, 0.2) is 5.65 Å². The van der Waals surface area contributed by atoms with Crippen LogP contribution in [0.3, 0.4) is 0 Å². The second-order valence-corrected chi connectivity index (χ2v) is 7.77. The van der Waals surface area contributed by atoms with Gasteiger partial charge in [-0.3, -0.25) is 20.0 Å². The Hall–Kier alpha value is -4.72. The van der Waals surface area contributed by atoms with Gasteiger partial charge in [-0.1, -0.05) is 48.5 Å². The molecule has 2 aromatic heterocycles. The predicted molar refractivity (Wildman–Crippen MR) is 129 cm³/mol. The van der Waals surface area contributed by atoms with Crippen LogP contribution in [-0.2, 0) is 6.42 Å². The molecule has 5 rings (SSSR count). The highest BCUT2D eigenvalue weighted by Crippen LogP contribution is 2.36. The second kappa shape index (κ2) is 8.67. The number of non-ortho nitro benzene ring substituents is 1. The van der Waals surface area contributed by atoms with Crippen molar-refractivity contribution in [2.45, 2.75) is 6.42 Å². The van der Waals surface area contributed by atoms with Crippen LogP contribution >= 0.6 is 0 Å². The molecule has 34 heavy (non-hydrogen) atoms. The molecule has 0 spiro atoms. The van der Waals surface area contributed by atoms with E-state index in [1.807, 2.05) is 54.6 Å². The fourth-order valence-electron chi connectivity index (χ4n) is 4.05. The molecular formula is C26H20N4O4. The van der Waals surface area contributed by atoms with Gasteiger partial charge < -0.3 is 4.74 Å². The van der Waals surface area contributed by atoms with E-state index in [4.69, 9.17) is 9.72 Å². The summed E-state index contributed by atoms with van der Waals surface area (Å²) in [5.41, 5.74) is 4.66. The Morgan fingerprint density at radius 1 is 1.00 bits per heavy atom. The molecule has 0 aliphatic rings. The lowest BCUT2D eigenvalue weighted by atomic mass is 10.00. The molecule has 0 radical (unpaired) electrons. The first-order valence-corrected chi connectivity index (χ1v) is 10.6. The van der Waals surface area contributed by atoms with Crippen molar-refractivity contribution in [3.8, 4) is 28.1 Å². The summed E-state index contributed by atoms with van der Waals surface area (Å²) < 4.78 is 7.04. The summed E-state index contributed by atoms with van der Waals surface area (Å²) in [7, 11) is 1.60. The number of benzene rings is 3. The maximum absolute atomic E-state index is 13.1. The Morgan fingerprint density at radius 2 is 1.71 bits per heavy atom. The molecule has 0 amide bonds. The Labute approximate surface area is 194 Å². The highest BCUT2D eigenvalue weighted by atomic mass is 16.6. The van der Waals surface area contributed by atoms with Gasteiger partial charge in [0.1, 0.15) is 5.75 Å². The molecule has 0 saturated carbocycles. The minimum absolute atomic E-state index is 0.0250. The Morgan fingerprint density at radius 3 is 2.41 bits per heavy atom. The average Bonchev–Trinajstić information content (AvgIpc) is 3.22. The largest absolute Gasteiger partial charge is 0.496 e. The van der Waals surface area contributed by atoms with E-state index in [1.165, 1.54) is 22.7 Å². The van der Waals surface area contributed by atoms with Crippen molar-refractivity contribution in [1.29, 1.82) is 0 Å². The monoisotopic (exact) mass is 452 g/mol. The maximum Gasteiger partial charge on any atom is 0.273 e. The topological polar surface area (TPSA) is 103 Å². The van der Waals surface area contributed by atoms with Crippen molar-refractivity contribution in [2.75, 3.05) is 7.11 Å². The molecule has 0 aliphatic heterocycles. The van der Waals surface area contributed by atoms with Gasteiger partial charge in [0, 0.05) is 41.4 Å². The fraction of sp³-hybridized carbons (Fsp3) is 0.0769. The molecule has 8 nitrogen and oxygen atoms in total. The number of ether oxygens (including phenoxy) is 1. The average molecular weight is 452 g/mol. The third-order valence-electron chi connectivity index (χ3n) is 5.66. The molecule has 0 saturated heterocycles. The summed E-state index contributed by atoms with van der Waals surface area (Å²) >= 11 is 0. The molecule has 1 N–H and O–H groups in total. The van der Waals surface area contributed by atoms with Crippen molar-refractivity contribution in [3.63, 3.8) is 0 Å². The van der Waals surface area contributed by atoms with Crippen LogP contribution in [0.2, 0.25) is 0 Å². The van der Waals surface area contributed by atoms with E-state index >= 15 is 0 Å². The number of rotatable bonds is 6. The SMILES string of the molecule is COc1ccccc1-c1c(Cc2ccccc2)[nH]n2c(=O)cc(-c3ccc([N+](=O)[O-])cc3)nc12. The summed E-state index contributed by atoms with van der Waals surface area (Å²) in [5, 5.41) is 14.2. The number of aromatic amines is 1. The summed E-state index contributed by atoms with van der Waals surface area (Å²) in [4.78, 5) is 28.5. The quantitative estimate of drug-likeness (QED) is 0.293. The Balaban J connectivity index is 1.75. The number of nitrogens with one attached hydrogen (secondary N) is 1. The molecule has 168 valence electrons. The van der Waals surface area contributed by atoms with Crippen LogP contribution < -0.4 is 10.3 Å². The summed E-state index contributed by atoms with van der Waals surface area (Å²) in [6, 6.07) is 24.9. The van der Waals surface area contributed by atoms with Crippen molar-refractivity contribution in [3.05, 3.63) is 117 Å². The summed E-state index contributed by atoms with van der Waals surface area (Å²) in [6.07, 6.45) is 0.559. The lowest BCUT2D eigenvalue weighted by molar-refractivity contribution is -0.384. The molecule has 0 bridgehead atoms. The first-order chi connectivity index (χ1) is 16.5. The number of methoxy groups -OCH3 is 1. The van der Waals surface area contributed by atoms with Crippen LogP contribution in [0.1, 0.15) is 11.3 Å². The van der Waals surface area contributed by atoms with Crippen LogP contribution in [0, 0.1) is 10.1 Å². The number of hydrogen-bond donors (Lipinski definition) is 1. The van der Waals surface area contributed by atoms with Crippen LogP contribution in [0.4, 0.5) is 5.69 Å². The van der Waals surface area contributed by atoms with Crippen LogP contribution in [0.15, 0.2) is 89.7 Å². The Kier molecular flexibility index (Phi) is 5.39. The number of nitro groups is 1. The number of nitrogens with zero attached hydrogens (tertiary/aromatic N) is 3. The molecule has 0 fully saturated rings. The highest BCUT2D eigenvalue weighted by Gasteiger charge is 2.20.